The average Bonchev–Trinajstić information content (AvgIpc) is 3.13. The summed E-state index contributed by atoms with van der Waals surface area (Å²) < 4.78 is 56.9. The maximum atomic E-state index is 14.0. The number of H-pyrrole nitrogens is 1. The van der Waals surface area contributed by atoms with Gasteiger partial charge in [0, 0.05) is 11.3 Å². The first-order valence-corrected chi connectivity index (χ1v) is 10.4. The molecule has 3 aromatic carbocycles. The highest BCUT2D eigenvalue weighted by molar-refractivity contribution is 7.92. The summed E-state index contributed by atoms with van der Waals surface area (Å²) in [5, 5.41) is 4.16. The van der Waals surface area contributed by atoms with Crippen LogP contribution in [0.3, 0.4) is 0 Å². The summed E-state index contributed by atoms with van der Waals surface area (Å²) in [5.74, 6) is -2.24. The zero-order chi connectivity index (χ0) is 22.2. The van der Waals surface area contributed by atoms with Crippen molar-refractivity contribution in [2.75, 3.05) is 10.5 Å². The van der Waals surface area contributed by atoms with Gasteiger partial charge in [-0.25, -0.2) is 22.0 Å². The Morgan fingerprint density at radius 1 is 0.968 bits per heavy atom. The molecule has 0 radical (unpaired) electrons. The van der Waals surface area contributed by atoms with Crippen molar-refractivity contribution in [2.24, 2.45) is 0 Å². The maximum Gasteiger partial charge on any atom is 0.348 e. The number of halogens is 2. The predicted molar refractivity (Wildman–Crippen MR) is 111 cm³/mol. The third-order valence-corrected chi connectivity index (χ3v) is 5.76. The number of nitrogens with one attached hydrogen (secondary N) is 2. The molecule has 0 atom stereocenters. The van der Waals surface area contributed by atoms with Gasteiger partial charge in [-0.2, -0.15) is 4.68 Å². The lowest BCUT2D eigenvalue weighted by molar-refractivity contribution is 0.583. The van der Waals surface area contributed by atoms with Crippen molar-refractivity contribution in [1.29, 1.82) is 0 Å². The number of anilines is 2. The Labute approximate surface area is 175 Å². The molecule has 0 aliphatic carbocycles. The molecule has 0 spiro atoms. The Hall–Kier alpha value is -3.99. The molecular weight excluding hydrogens is 428 g/mol. The molecule has 158 valence electrons. The third kappa shape index (κ3) is 3.90. The second-order valence-corrected chi connectivity index (χ2v) is 8.13. The van der Waals surface area contributed by atoms with E-state index >= 15 is 0 Å². The highest BCUT2D eigenvalue weighted by Gasteiger charge is 2.25. The Kier molecular flexibility index (Phi) is 5.03. The largest absolute Gasteiger partial charge is 0.399 e. The van der Waals surface area contributed by atoms with Gasteiger partial charge in [0.2, 0.25) is 0 Å². The molecule has 1 aromatic heterocycles. The van der Waals surface area contributed by atoms with Crippen LogP contribution in [-0.4, -0.2) is 23.2 Å². The van der Waals surface area contributed by atoms with Gasteiger partial charge < -0.3 is 5.73 Å². The van der Waals surface area contributed by atoms with Crippen LogP contribution in [0.25, 0.3) is 17.1 Å². The van der Waals surface area contributed by atoms with Crippen molar-refractivity contribution in [3.63, 3.8) is 0 Å². The summed E-state index contributed by atoms with van der Waals surface area (Å²) in [5.41, 5.74) is 4.84. The Bertz CT molecular complexity index is 1410. The highest BCUT2D eigenvalue weighted by Crippen LogP contribution is 2.29. The van der Waals surface area contributed by atoms with Crippen LogP contribution < -0.4 is 16.1 Å². The molecular formula is C20H15F2N5O3S. The lowest BCUT2D eigenvalue weighted by Gasteiger charge is -2.13. The Morgan fingerprint density at radius 2 is 1.65 bits per heavy atom. The molecule has 31 heavy (non-hydrogen) atoms. The molecule has 4 N–H and O–H groups in total. The van der Waals surface area contributed by atoms with Crippen molar-refractivity contribution in [3.8, 4) is 17.1 Å². The molecule has 0 fully saturated rings. The van der Waals surface area contributed by atoms with Gasteiger partial charge in [-0.1, -0.05) is 24.3 Å². The van der Waals surface area contributed by atoms with E-state index in [0.717, 1.165) is 28.9 Å². The number of nitrogens with two attached hydrogens (primary N) is 1. The third-order valence-electron chi connectivity index (χ3n) is 4.37. The summed E-state index contributed by atoms with van der Waals surface area (Å²) in [7, 11) is -4.51. The van der Waals surface area contributed by atoms with E-state index in [1.54, 1.807) is 30.3 Å². The monoisotopic (exact) mass is 443 g/mol. The number of para-hydroxylation sites is 2. The lowest BCUT2D eigenvalue weighted by Crippen LogP contribution is -2.16. The molecule has 0 amide bonds. The van der Waals surface area contributed by atoms with Crippen LogP contribution in [0.15, 0.2) is 76.4 Å². The Balaban J connectivity index is 1.83. The van der Waals surface area contributed by atoms with Crippen LogP contribution in [0.1, 0.15) is 0 Å². The molecule has 0 saturated carbocycles. The fourth-order valence-corrected chi connectivity index (χ4v) is 4.25. The van der Waals surface area contributed by atoms with Crippen LogP contribution in [0, 0.1) is 11.6 Å². The van der Waals surface area contributed by atoms with Crippen molar-refractivity contribution in [2.45, 2.75) is 4.90 Å². The minimum atomic E-state index is -4.51. The number of rotatable bonds is 5. The van der Waals surface area contributed by atoms with Gasteiger partial charge in [-0.05, 0) is 42.5 Å². The highest BCUT2D eigenvalue weighted by atomic mass is 32.2. The number of benzene rings is 3. The van der Waals surface area contributed by atoms with E-state index in [1.165, 1.54) is 12.1 Å². The number of nitrogens with zero attached hydrogens (tertiary/aromatic N) is 2. The van der Waals surface area contributed by atoms with Gasteiger partial charge in [0.15, 0.2) is 5.82 Å². The number of aromatic nitrogens is 3. The second-order valence-electron chi connectivity index (χ2n) is 6.48. The summed E-state index contributed by atoms with van der Waals surface area (Å²) in [6.07, 6.45) is 0. The van der Waals surface area contributed by atoms with Gasteiger partial charge in [0.1, 0.15) is 22.2 Å². The van der Waals surface area contributed by atoms with E-state index in [4.69, 9.17) is 5.73 Å². The second kappa shape index (κ2) is 7.69. The number of aromatic amines is 1. The number of nitrogen functional groups attached to an aromatic ring is 1. The van der Waals surface area contributed by atoms with Gasteiger partial charge in [0.25, 0.3) is 10.0 Å². The van der Waals surface area contributed by atoms with Gasteiger partial charge in [-0.15, -0.1) is 5.10 Å². The van der Waals surface area contributed by atoms with Gasteiger partial charge >= 0.3 is 5.69 Å². The number of hydrogen-bond donors (Lipinski definition) is 3. The molecule has 1 heterocycles. The normalized spacial score (nSPS) is 11.4. The topological polar surface area (TPSA) is 123 Å². The van der Waals surface area contributed by atoms with Crippen LogP contribution in [0.5, 0.6) is 0 Å². The predicted octanol–water partition coefficient (Wildman–Crippen LogP) is 2.89. The smallest absolute Gasteiger partial charge is 0.348 e. The standard InChI is InChI=1S/C20H15F2N5O3S/c21-15-7-4-8-16(22)18(15)26-31(29,30)17-11-12(23)9-10-14(17)19-24-20(28)27(25-19)13-5-2-1-3-6-13/h1-11,26H,23H2,(H,24,25,28). The molecule has 8 nitrogen and oxygen atoms in total. The molecule has 0 saturated heterocycles. The summed E-state index contributed by atoms with van der Waals surface area (Å²) >= 11 is 0. The zero-order valence-electron chi connectivity index (χ0n) is 15.7. The molecule has 4 aromatic rings. The fourth-order valence-electron chi connectivity index (χ4n) is 2.93. The minimum Gasteiger partial charge on any atom is -0.399 e. The van der Waals surface area contributed by atoms with Crippen molar-refractivity contribution < 1.29 is 17.2 Å². The maximum absolute atomic E-state index is 14.0. The van der Waals surface area contributed by atoms with E-state index in [1.807, 2.05) is 4.72 Å². The first-order valence-electron chi connectivity index (χ1n) is 8.88. The van der Waals surface area contributed by atoms with Crippen LogP contribution >= 0.6 is 0 Å². The van der Waals surface area contributed by atoms with E-state index in [0.29, 0.717) is 5.69 Å². The van der Waals surface area contributed by atoms with Gasteiger partial charge in [0.05, 0.1) is 5.69 Å². The SMILES string of the molecule is Nc1ccc(-c2nn(-c3ccccc3)c(=O)[nH]2)c(S(=O)(=O)Nc2c(F)cccc2F)c1. The van der Waals surface area contributed by atoms with E-state index < -0.39 is 37.9 Å². The van der Waals surface area contributed by atoms with E-state index in [2.05, 4.69) is 10.1 Å². The van der Waals surface area contributed by atoms with E-state index in [-0.39, 0.29) is 17.1 Å². The summed E-state index contributed by atoms with van der Waals surface area (Å²) in [4.78, 5) is 14.5. The minimum absolute atomic E-state index is 0.00905. The summed E-state index contributed by atoms with van der Waals surface area (Å²) in [6, 6.07) is 15.3. The average molecular weight is 443 g/mol. The quantitative estimate of drug-likeness (QED) is 0.409. The molecule has 11 heteroatoms. The number of sulfonamides is 1. The fraction of sp³-hybridized carbons (Fsp3) is 0. The molecule has 0 bridgehead atoms. The van der Waals surface area contributed by atoms with E-state index in [9.17, 15) is 22.0 Å². The first-order chi connectivity index (χ1) is 14.8. The molecule has 0 aliphatic heterocycles. The van der Waals surface area contributed by atoms with Crippen LogP contribution in [0.4, 0.5) is 20.2 Å². The molecule has 4 rings (SSSR count). The molecule has 0 aliphatic rings. The van der Waals surface area contributed by atoms with Crippen molar-refractivity contribution in [1.82, 2.24) is 14.8 Å². The summed E-state index contributed by atoms with van der Waals surface area (Å²) in [6.45, 7) is 0. The Morgan fingerprint density at radius 3 is 2.32 bits per heavy atom. The molecule has 0 unspecified atom stereocenters. The van der Waals surface area contributed by atoms with Crippen molar-refractivity contribution in [3.05, 3.63) is 88.8 Å². The van der Waals surface area contributed by atoms with Gasteiger partial charge in [-0.3, -0.25) is 9.71 Å². The number of hydrogen-bond acceptors (Lipinski definition) is 5. The first kappa shape index (κ1) is 20.3. The lowest BCUT2D eigenvalue weighted by atomic mass is 10.2. The zero-order valence-corrected chi connectivity index (χ0v) is 16.5. The van der Waals surface area contributed by atoms with Crippen molar-refractivity contribution >= 4 is 21.4 Å². The van der Waals surface area contributed by atoms with Crippen LogP contribution in [0.2, 0.25) is 0 Å². The van der Waals surface area contributed by atoms with Crippen LogP contribution in [-0.2, 0) is 10.0 Å².